The Bertz CT molecular complexity index is 621. The lowest BCUT2D eigenvalue weighted by molar-refractivity contribution is -0.223. The van der Waals surface area contributed by atoms with Crippen LogP contribution >= 0.6 is 0 Å². The van der Waals surface area contributed by atoms with Gasteiger partial charge in [0, 0.05) is 27.1 Å². The Balaban J connectivity index is 4.98. The zero-order chi connectivity index (χ0) is 32.0. The summed E-state index contributed by atoms with van der Waals surface area (Å²) < 4.78 is 40.6. The van der Waals surface area contributed by atoms with Crippen LogP contribution in [0.5, 0.6) is 0 Å². The third-order valence-corrected chi connectivity index (χ3v) is 8.10. The fourth-order valence-corrected chi connectivity index (χ4v) is 5.44. The van der Waals surface area contributed by atoms with Crippen LogP contribution in [0.3, 0.4) is 0 Å². The van der Waals surface area contributed by atoms with Gasteiger partial charge in [0.05, 0.1) is 28.4 Å². The van der Waals surface area contributed by atoms with E-state index in [4.69, 9.17) is 33.2 Å². The van der Waals surface area contributed by atoms with Gasteiger partial charge in [-0.05, 0) is 12.8 Å². The zero-order valence-corrected chi connectivity index (χ0v) is 29.6. The van der Waals surface area contributed by atoms with Gasteiger partial charge in [-0.2, -0.15) is 0 Å². The van der Waals surface area contributed by atoms with Crippen LogP contribution in [0, 0.1) is 0 Å². The molecule has 0 saturated heterocycles. The second-order valence-corrected chi connectivity index (χ2v) is 11.5. The van der Waals surface area contributed by atoms with E-state index in [0.717, 1.165) is 50.0 Å². The Hall–Kier alpha value is -1.44. The van der Waals surface area contributed by atoms with Crippen molar-refractivity contribution in [2.45, 2.75) is 168 Å². The average molecular weight is 615 g/mol. The first-order valence-corrected chi connectivity index (χ1v) is 17.4. The molecule has 0 aromatic heterocycles. The molecule has 0 saturated carbocycles. The molecule has 0 aliphatic heterocycles. The van der Waals surface area contributed by atoms with Gasteiger partial charge in [0.15, 0.2) is 11.5 Å². The van der Waals surface area contributed by atoms with Gasteiger partial charge in [0.2, 0.25) is 12.6 Å². The lowest BCUT2D eigenvalue weighted by Gasteiger charge is -2.27. The first-order valence-electron chi connectivity index (χ1n) is 17.4. The molecule has 0 aliphatic carbocycles. The van der Waals surface area contributed by atoms with Gasteiger partial charge in [0.25, 0.3) is 0 Å². The Morgan fingerprint density at radius 3 is 0.884 bits per heavy atom. The maximum atomic E-state index is 6.25. The molecule has 0 bridgehead atoms. The lowest BCUT2D eigenvalue weighted by Crippen LogP contribution is -2.31. The molecule has 0 aromatic rings. The molecule has 7 nitrogen and oxygen atoms in total. The van der Waals surface area contributed by atoms with E-state index in [2.05, 4.69) is 13.8 Å². The van der Waals surface area contributed by atoms with Crippen molar-refractivity contribution in [3.8, 4) is 0 Å². The standard InChI is InChI=1S/C36H70O7/c1-9-11-13-15-17-19-21-23-25-27-29-31(37-3)33(39-5)35(41-7)43-36(42-8)34(40-6)32(38-4)30-28-26-24-22-20-18-16-14-12-10-2/h35-36H,9-30H2,1-8H3. The van der Waals surface area contributed by atoms with Crippen LogP contribution < -0.4 is 0 Å². The van der Waals surface area contributed by atoms with Crippen LogP contribution in [0.1, 0.15) is 155 Å². The highest BCUT2D eigenvalue weighted by Gasteiger charge is 2.29. The SMILES string of the molecule is CCCCCCCCCCCCC(OC)=C(OC)C(OC)OC(OC)C(OC)=C(CCCCCCCCCCCC)OC. The summed E-state index contributed by atoms with van der Waals surface area (Å²) in [5, 5.41) is 0. The largest absolute Gasteiger partial charge is 0.497 e. The molecule has 0 N–H and O–H groups in total. The number of methoxy groups -OCH3 is 6. The van der Waals surface area contributed by atoms with E-state index >= 15 is 0 Å². The van der Waals surface area contributed by atoms with Crippen LogP contribution in [0.4, 0.5) is 0 Å². The maximum Gasteiger partial charge on any atom is 0.222 e. The average Bonchev–Trinajstić information content (AvgIpc) is 3.03. The molecule has 256 valence electrons. The third-order valence-electron chi connectivity index (χ3n) is 8.10. The first-order chi connectivity index (χ1) is 21.1. The summed E-state index contributed by atoms with van der Waals surface area (Å²) in [6.07, 6.45) is 25.5. The van der Waals surface area contributed by atoms with Crippen LogP contribution in [0.2, 0.25) is 0 Å². The summed E-state index contributed by atoms with van der Waals surface area (Å²) in [6, 6.07) is 0. The summed E-state index contributed by atoms with van der Waals surface area (Å²) in [7, 11) is 9.73. The van der Waals surface area contributed by atoms with Crippen molar-refractivity contribution < 1.29 is 33.2 Å². The Labute approximate surface area is 266 Å². The van der Waals surface area contributed by atoms with Crippen LogP contribution in [-0.2, 0) is 33.2 Å². The summed E-state index contributed by atoms with van der Waals surface area (Å²) in [6.45, 7) is 4.53. The van der Waals surface area contributed by atoms with Crippen molar-refractivity contribution >= 4 is 0 Å². The van der Waals surface area contributed by atoms with Crippen LogP contribution in [0.25, 0.3) is 0 Å². The second-order valence-electron chi connectivity index (χ2n) is 11.5. The van der Waals surface area contributed by atoms with E-state index < -0.39 is 12.6 Å². The molecule has 0 aliphatic rings. The van der Waals surface area contributed by atoms with E-state index in [1.807, 2.05) is 0 Å². The van der Waals surface area contributed by atoms with Crippen molar-refractivity contribution in [2.75, 3.05) is 42.7 Å². The first kappa shape index (κ1) is 41.6. The van der Waals surface area contributed by atoms with Crippen molar-refractivity contribution in [3.05, 3.63) is 23.0 Å². The normalized spacial score (nSPS) is 14.1. The van der Waals surface area contributed by atoms with Gasteiger partial charge in [0.1, 0.15) is 11.5 Å². The topological polar surface area (TPSA) is 64.6 Å². The van der Waals surface area contributed by atoms with Crippen molar-refractivity contribution in [1.82, 2.24) is 0 Å². The Morgan fingerprint density at radius 2 is 0.651 bits per heavy atom. The monoisotopic (exact) mass is 615 g/mol. The highest BCUT2D eigenvalue weighted by atomic mass is 16.8. The molecule has 43 heavy (non-hydrogen) atoms. The molecule has 0 fully saturated rings. The number of rotatable bonds is 32. The molecule has 0 heterocycles. The van der Waals surface area contributed by atoms with Crippen molar-refractivity contribution in [1.29, 1.82) is 0 Å². The molecule has 0 amide bonds. The van der Waals surface area contributed by atoms with E-state index in [9.17, 15) is 0 Å². The zero-order valence-electron chi connectivity index (χ0n) is 29.6. The summed E-state index contributed by atoms with van der Waals surface area (Å²) in [5.41, 5.74) is 0. The molecular formula is C36H70O7. The highest BCUT2D eigenvalue weighted by Crippen LogP contribution is 2.26. The lowest BCUT2D eigenvalue weighted by atomic mass is 10.1. The van der Waals surface area contributed by atoms with Gasteiger partial charge >= 0.3 is 0 Å². The van der Waals surface area contributed by atoms with E-state index in [1.54, 1.807) is 42.7 Å². The van der Waals surface area contributed by atoms with Crippen molar-refractivity contribution in [3.63, 3.8) is 0 Å². The number of allylic oxidation sites excluding steroid dienone is 2. The maximum absolute atomic E-state index is 6.25. The number of ether oxygens (including phenoxy) is 7. The quantitative estimate of drug-likeness (QED) is 0.0424. The predicted molar refractivity (Wildman–Crippen MR) is 178 cm³/mol. The molecule has 0 rings (SSSR count). The minimum atomic E-state index is -0.825. The van der Waals surface area contributed by atoms with Crippen LogP contribution in [0.15, 0.2) is 23.0 Å². The minimum absolute atomic E-state index is 0.507. The molecule has 7 heteroatoms. The molecule has 0 spiro atoms. The van der Waals surface area contributed by atoms with Gasteiger partial charge in [-0.15, -0.1) is 0 Å². The molecule has 2 atom stereocenters. The molecule has 0 aromatic carbocycles. The summed E-state index contributed by atoms with van der Waals surface area (Å²) in [5.74, 6) is 2.47. The van der Waals surface area contributed by atoms with E-state index in [0.29, 0.717) is 11.5 Å². The Kier molecular flexibility index (Phi) is 29.6. The molecular weight excluding hydrogens is 544 g/mol. The second kappa shape index (κ2) is 30.6. The summed E-state index contributed by atoms with van der Waals surface area (Å²) in [4.78, 5) is 0. The fraction of sp³-hybridized carbons (Fsp3) is 0.889. The molecule has 0 radical (unpaired) electrons. The smallest absolute Gasteiger partial charge is 0.222 e. The summed E-state index contributed by atoms with van der Waals surface area (Å²) >= 11 is 0. The van der Waals surface area contributed by atoms with E-state index in [-0.39, 0.29) is 0 Å². The van der Waals surface area contributed by atoms with Gasteiger partial charge in [-0.25, -0.2) is 0 Å². The van der Waals surface area contributed by atoms with Crippen LogP contribution in [-0.4, -0.2) is 55.2 Å². The number of hydrogen-bond acceptors (Lipinski definition) is 7. The van der Waals surface area contributed by atoms with Gasteiger partial charge in [-0.3, -0.25) is 0 Å². The minimum Gasteiger partial charge on any atom is -0.497 e. The highest BCUT2D eigenvalue weighted by molar-refractivity contribution is 5.08. The van der Waals surface area contributed by atoms with E-state index in [1.165, 1.54) is 103 Å². The van der Waals surface area contributed by atoms with Crippen molar-refractivity contribution in [2.24, 2.45) is 0 Å². The van der Waals surface area contributed by atoms with Gasteiger partial charge < -0.3 is 33.2 Å². The third kappa shape index (κ3) is 20.3. The number of unbranched alkanes of at least 4 members (excludes halogenated alkanes) is 18. The predicted octanol–water partition coefficient (Wildman–Crippen LogP) is 10.6. The number of hydrogen-bond donors (Lipinski definition) is 0. The Morgan fingerprint density at radius 1 is 0.372 bits per heavy atom. The fourth-order valence-electron chi connectivity index (χ4n) is 5.44. The molecule has 2 unspecified atom stereocenters. The van der Waals surface area contributed by atoms with Gasteiger partial charge in [-0.1, -0.05) is 129 Å².